The Kier molecular flexibility index (Phi) is 6.67. The van der Waals surface area contributed by atoms with Gasteiger partial charge >= 0.3 is 0 Å². The van der Waals surface area contributed by atoms with Gasteiger partial charge in [0.2, 0.25) is 11.8 Å². The zero-order valence-electron chi connectivity index (χ0n) is 11.4. The van der Waals surface area contributed by atoms with Crippen molar-refractivity contribution >= 4 is 11.8 Å². The molecule has 1 aromatic rings. The molecule has 0 aromatic carbocycles. The number of nitrogens with zero attached hydrogens (tertiary/aromatic N) is 1. The molecule has 0 saturated carbocycles. The Morgan fingerprint density at radius 1 is 1.32 bits per heavy atom. The minimum Gasteiger partial charge on any atom is -0.467 e. The van der Waals surface area contributed by atoms with Gasteiger partial charge in [0.05, 0.1) is 25.9 Å². The summed E-state index contributed by atoms with van der Waals surface area (Å²) in [7, 11) is 1.59. The van der Waals surface area contributed by atoms with Crippen molar-refractivity contribution in [3.8, 4) is 0 Å². The molecular weight excluding hydrogens is 246 g/mol. The zero-order valence-corrected chi connectivity index (χ0v) is 11.4. The van der Waals surface area contributed by atoms with Gasteiger partial charge in [-0.1, -0.05) is 6.92 Å². The highest BCUT2D eigenvalue weighted by Crippen LogP contribution is 1.98. The third kappa shape index (κ3) is 6.05. The fourth-order valence-corrected chi connectivity index (χ4v) is 1.67. The molecule has 0 aliphatic rings. The molecule has 6 nitrogen and oxygen atoms in total. The SMILES string of the molecule is CCCN(CC(=O)NC)CC(=O)NCc1ccco1. The lowest BCUT2D eigenvalue weighted by Gasteiger charge is -2.19. The maximum Gasteiger partial charge on any atom is 0.234 e. The first-order valence-electron chi connectivity index (χ1n) is 6.37. The van der Waals surface area contributed by atoms with E-state index < -0.39 is 0 Å². The van der Waals surface area contributed by atoms with Gasteiger partial charge in [0, 0.05) is 7.05 Å². The molecular formula is C13H21N3O3. The fourth-order valence-electron chi connectivity index (χ4n) is 1.67. The van der Waals surface area contributed by atoms with Gasteiger partial charge in [0.25, 0.3) is 0 Å². The molecule has 19 heavy (non-hydrogen) atoms. The van der Waals surface area contributed by atoms with E-state index in [0.29, 0.717) is 18.8 Å². The summed E-state index contributed by atoms with van der Waals surface area (Å²) < 4.78 is 5.13. The Morgan fingerprint density at radius 3 is 2.63 bits per heavy atom. The minimum atomic E-state index is -0.117. The number of hydrogen-bond donors (Lipinski definition) is 2. The molecule has 0 aliphatic heterocycles. The standard InChI is InChI=1S/C13H21N3O3/c1-3-6-16(9-12(17)14-2)10-13(18)15-8-11-5-4-7-19-11/h4-5,7H,3,6,8-10H2,1-2H3,(H,14,17)(H,15,18). The number of amides is 2. The summed E-state index contributed by atoms with van der Waals surface area (Å²) in [6.45, 7) is 3.53. The normalized spacial score (nSPS) is 10.5. The van der Waals surface area contributed by atoms with Crippen molar-refractivity contribution in [2.24, 2.45) is 0 Å². The predicted molar refractivity (Wildman–Crippen MR) is 71.4 cm³/mol. The Labute approximate surface area is 113 Å². The van der Waals surface area contributed by atoms with E-state index in [9.17, 15) is 9.59 Å². The molecule has 0 radical (unpaired) electrons. The molecule has 2 N–H and O–H groups in total. The number of carbonyl (C=O) groups excluding carboxylic acids is 2. The van der Waals surface area contributed by atoms with E-state index in [-0.39, 0.29) is 24.9 Å². The van der Waals surface area contributed by atoms with E-state index >= 15 is 0 Å². The second kappa shape index (κ2) is 8.31. The summed E-state index contributed by atoms with van der Waals surface area (Å²) in [4.78, 5) is 24.9. The number of furan rings is 1. The number of rotatable bonds is 8. The first-order chi connectivity index (χ1) is 9.15. The number of nitrogens with one attached hydrogen (secondary N) is 2. The summed E-state index contributed by atoms with van der Waals surface area (Å²) in [5, 5.41) is 5.31. The predicted octanol–water partition coefficient (Wildman–Crippen LogP) is 0.354. The highest BCUT2D eigenvalue weighted by molar-refractivity contribution is 5.80. The molecule has 0 bridgehead atoms. The van der Waals surface area contributed by atoms with E-state index in [4.69, 9.17) is 4.42 Å². The Bertz CT molecular complexity index is 390. The van der Waals surface area contributed by atoms with Crippen LogP contribution in [0.25, 0.3) is 0 Å². The van der Waals surface area contributed by atoms with Crippen LogP contribution < -0.4 is 10.6 Å². The van der Waals surface area contributed by atoms with Crippen LogP contribution in [0.5, 0.6) is 0 Å². The van der Waals surface area contributed by atoms with Crippen molar-refractivity contribution in [1.29, 1.82) is 0 Å². The van der Waals surface area contributed by atoms with Crippen molar-refractivity contribution in [3.05, 3.63) is 24.2 Å². The van der Waals surface area contributed by atoms with Crippen LogP contribution >= 0.6 is 0 Å². The van der Waals surface area contributed by atoms with Gasteiger partial charge in [-0.3, -0.25) is 14.5 Å². The van der Waals surface area contributed by atoms with Gasteiger partial charge in [-0.05, 0) is 25.1 Å². The molecule has 2 amide bonds. The molecule has 0 saturated heterocycles. The molecule has 0 fully saturated rings. The van der Waals surface area contributed by atoms with E-state index in [1.165, 1.54) is 0 Å². The van der Waals surface area contributed by atoms with Gasteiger partial charge in [-0.25, -0.2) is 0 Å². The Balaban J connectivity index is 2.35. The molecule has 0 unspecified atom stereocenters. The lowest BCUT2D eigenvalue weighted by molar-refractivity contribution is -0.125. The molecule has 106 valence electrons. The highest BCUT2D eigenvalue weighted by atomic mass is 16.3. The third-order valence-electron chi connectivity index (χ3n) is 2.59. The number of carbonyl (C=O) groups is 2. The quantitative estimate of drug-likeness (QED) is 0.713. The van der Waals surface area contributed by atoms with Crippen LogP contribution in [0.2, 0.25) is 0 Å². The van der Waals surface area contributed by atoms with Crippen LogP contribution in [0.4, 0.5) is 0 Å². The van der Waals surface area contributed by atoms with Crippen LogP contribution in [0.15, 0.2) is 22.8 Å². The first kappa shape index (κ1) is 15.2. The van der Waals surface area contributed by atoms with E-state index in [0.717, 1.165) is 6.42 Å². The summed E-state index contributed by atoms with van der Waals surface area (Å²) >= 11 is 0. The molecule has 6 heteroatoms. The van der Waals surface area contributed by atoms with Gasteiger partial charge in [0.1, 0.15) is 5.76 Å². The fraction of sp³-hybridized carbons (Fsp3) is 0.538. The number of likely N-dealkylation sites (N-methyl/N-ethyl adjacent to an activating group) is 1. The summed E-state index contributed by atoms with van der Waals surface area (Å²) in [6.07, 6.45) is 2.46. The first-order valence-corrected chi connectivity index (χ1v) is 6.37. The number of hydrogen-bond acceptors (Lipinski definition) is 4. The van der Waals surface area contributed by atoms with Crippen molar-refractivity contribution in [1.82, 2.24) is 15.5 Å². The average molecular weight is 267 g/mol. The van der Waals surface area contributed by atoms with E-state index in [1.807, 2.05) is 11.8 Å². The van der Waals surface area contributed by atoms with Crippen LogP contribution in [0.1, 0.15) is 19.1 Å². The van der Waals surface area contributed by atoms with Gasteiger partial charge in [-0.2, -0.15) is 0 Å². The van der Waals surface area contributed by atoms with Crippen molar-refractivity contribution in [2.45, 2.75) is 19.9 Å². The maximum absolute atomic E-state index is 11.8. The van der Waals surface area contributed by atoms with Crippen LogP contribution in [-0.2, 0) is 16.1 Å². The van der Waals surface area contributed by atoms with E-state index in [1.54, 1.807) is 25.4 Å². The Hall–Kier alpha value is -1.82. The van der Waals surface area contributed by atoms with Gasteiger partial charge in [-0.15, -0.1) is 0 Å². The topological polar surface area (TPSA) is 74.6 Å². The Morgan fingerprint density at radius 2 is 2.05 bits per heavy atom. The second-order valence-corrected chi connectivity index (χ2v) is 4.24. The monoisotopic (exact) mass is 267 g/mol. The highest BCUT2D eigenvalue weighted by Gasteiger charge is 2.13. The molecule has 1 aromatic heterocycles. The lowest BCUT2D eigenvalue weighted by Crippen LogP contribution is -2.42. The molecule has 1 rings (SSSR count). The molecule has 0 atom stereocenters. The van der Waals surface area contributed by atoms with Crippen LogP contribution in [-0.4, -0.2) is 43.4 Å². The largest absolute Gasteiger partial charge is 0.467 e. The van der Waals surface area contributed by atoms with Crippen molar-refractivity contribution in [2.75, 3.05) is 26.7 Å². The van der Waals surface area contributed by atoms with Crippen LogP contribution in [0, 0.1) is 0 Å². The smallest absolute Gasteiger partial charge is 0.234 e. The van der Waals surface area contributed by atoms with Crippen LogP contribution in [0.3, 0.4) is 0 Å². The average Bonchev–Trinajstić information content (AvgIpc) is 2.89. The van der Waals surface area contributed by atoms with Crippen molar-refractivity contribution < 1.29 is 14.0 Å². The molecule has 0 spiro atoms. The molecule has 1 heterocycles. The lowest BCUT2D eigenvalue weighted by atomic mass is 10.3. The zero-order chi connectivity index (χ0) is 14.1. The minimum absolute atomic E-state index is 0.0905. The van der Waals surface area contributed by atoms with E-state index in [2.05, 4.69) is 10.6 Å². The maximum atomic E-state index is 11.8. The van der Waals surface area contributed by atoms with Crippen molar-refractivity contribution in [3.63, 3.8) is 0 Å². The second-order valence-electron chi connectivity index (χ2n) is 4.24. The third-order valence-corrected chi connectivity index (χ3v) is 2.59. The van der Waals surface area contributed by atoms with Gasteiger partial charge in [0.15, 0.2) is 0 Å². The summed E-state index contributed by atoms with van der Waals surface area (Å²) in [5.41, 5.74) is 0. The molecule has 0 aliphatic carbocycles. The summed E-state index contributed by atoms with van der Waals surface area (Å²) in [5.74, 6) is 0.503. The van der Waals surface area contributed by atoms with Gasteiger partial charge < -0.3 is 15.1 Å². The summed E-state index contributed by atoms with van der Waals surface area (Å²) in [6, 6.07) is 3.57.